The number of hydrogen-bond donors (Lipinski definition) is 2. The number of nitriles is 1. The first kappa shape index (κ1) is 26.3. The molecule has 3 aromatic heterocycles. The summed E-state index contributed by atoms with van der Waals surface area (Å²) in [6, 6.07) is 11.8. The Kier molecular flexibility index (Phi) is 7.07. The maximum Gasteiger partial charge on any atom is 0.406 e. The summed E-state index contributed by atoms with van der Waals surface area (Å²) >= 11 is 1.23. The van der Waals surface area contributed by atoms with Crippen molar-refractivity contribution in [1.29, 1.82) is 5.26 Å². The molecule has 0 bridgehead atoms. The minimum atomic E-state index is -1.11. The quantitative estimate of drug-likeness (QED) is 0.355. The summed E-state index contributed by atoms with van der Waals surface area (Å²) in [6.45, 7) is 2.91. The number of aliphatic hydroxyl groups is 1. The molecule has 0 aliphatic carbocycles. The highest BCUT2D eigenvalue weighted by Gasteiger charge is 2.37. The number of thiazole rings is 1. The Morgan fingerprint density at radius 3 is 2.77 bits per heavy atom. The smallest absolute Gasteiger partial charge is 0.406 e. The summed E-state index contributed by atoms with van der Waals surface area (Å²) in [6.07, 6.45) is 0.502. The molecular formula is C26H27FN8O3S. The number of aromatic nitrogens is 4. The molecular weight excluding hydrogens is 523 g/mol. The van der Waals surface area contributed by atoms with Gasteiger partial charge >= 0.3 is 6.09 Å². The van der Waals surface area contributed by atoms with Crippen LogP contribution in [0, 0.1) is 17.1 Å². The van der Waals surface area contributed by atoms with E-state index in [0.717, 1.165) is 5.69 Å². The van der Waals surface area contributed by atoms with Crippen LogP contribution in [0.4, 0.5) is 26.0 Å². The Morgan fingerprint density at radius 1 is 1.31 bits per heavy atom. The Balaban J connectivity index is 1.47. The predicted molar refractivity (Wildman–Crippen MR) is 145 cm³/mol. The van der Waals surface area contributed by atoms with E-state index in [1.807, 2.05) is 35.9 Å². The summed E-state index contributed by atoms with van der Waals surface area (Å²) in [5.41, 5.74) is 1.48. The molecule has 1 aromatic carbocycles. The van der Waals surface area contributed by atoms with Crippen molar-refractivity contribution in [3.63, 3.8) is 0 Å². The van der Waals surface area contributed by atoms with Crippen LogP contribution in [0.15, 0.2) is 36.4 Å². The van der Waals surface area contributed by atoms with Gasteiger partial charge in [-0.25, -0.2) is 19.2 Å². The standard InChI is InChI=1S/C26H27FN8O3S/c1-4-18-23(33(2)24-31-22(19(13-28)39-24)16-5-7-17(27)8-6-16)35-20(30-18)9-10-21(32-35)34-12-11-26(37,15-34)14-29-25(36)38-3/h5-10,37H,4,11-12,14-15H2,1-3H3,(H,29,36). The number of anilines is 3. The second-order valence-electron chi connectivity index (χ2n) is 9.29. The molecule has 39 heavy (non-hydrogen) atoms. The fraction of sp³-hybridized carbons (Fsp3) is 0.346. The first-order valence-corrected chi connectivity index (χ1v) is 13.2. The molecule has 1 atom stereocenters. The Hall–Kier alpha value is -4.28. The van der Waals surface area contributed by atoms with Crippen LogP contribution in [-0.2, 0) is 11.2 Å². The van der Waals surface area contributed by atoms with E-state index in [-0.39, 0.29) is 18.9 Å². The number of alkyl carbamates (subject to hydrolysis) is 1. The highest BCUT2D eigenvalue weighted by molar-refractivity contribution is 7.16. The second-order valence-corrected chi connectivity index (χ2v) is 10.3. The summed E-state index contributed by atoms with van der Waals surface area (Å²) in [5.74, 6) is 0.997. The number of rotatable bonds is 7. The Morgan fingerprint density at radius 2 is 2.08 bits per heavy atom. The van der Waals surface area contributed by atoms with E-state index in [9.17, 15) is 19.6 Å². The number of carbonyl (C=O) groups excluding carboxylic acids is 1. The van der Waals surface area contributed by atoms with Gasteiger partial charge in [-0.15, -0.1) is 5.10 Å². The molecule has 202 valence electrons. The third-order valence-electron chi connectivity index (χ3n) is 6.69. The zero-order valence-electron chi connectivity index (χ0n) is 21.7. The monoisotopic (exact) mass is 550 g/mol. The van der Waals surface area contributed by atoms with Gasteiger partial charge in [0, 0.05) is 25.7 Å². The molecule has 13 heteroatoms. The van der Waals surface area contributed by atoms with Crippen molar-refractivity contribution in [2.45, 2.75) is 25.4 Å². The van der Waals surface area contributed by atoms with Crippen LogP contribution in [-0.4, -0.2) is 70.2 Å². The number of aryl methyl sites for hydroxylation is 1. The van der Waals surface area contributed by atoms with E-state index in [1.165, 1.54) is 30.6 Å². The molecule has 1 aliphatic rings. The molecule has 0 saturated carbocycles. The zero-order chi connectivity index (χ0) is 27.7. The van der Waals surface area contributed by atoms with E-state index >= 15 is 0 Å². The van der Waals surface area contributed by atoms with Crippen molar-refractivity contribution in [3.8, 4) is 17.3 Å². The summed E-state index contributed by atoms with van der Waals surface area (Å²) in [7, 11) is 3.12. The number of ether oxygens (including phenoxy) is 1. The number of hydrogen-bond acceptors (Lipinski definition) is 10. The predicted octanol–water partition coefficient (Wildman–Crippen LogP) is 3.49. The molecule has 1 amide bonds. The van der Waals surface area contributed by atoms with E-state index in [0.29, 0.717) is 57.9 Å². The Labute approximate surface area is 228 Å². The lowest BCUT2D eigenvalue weighted by Gasteiger charge is -2.24. The van der Waals surface area contributed by atoms with E-state index < -0.39 is 11.7 Å². The topological polar surface area (TPSA) is 132 Å². The molecule has 4 aromatic rings. The third kappa shape index (κ3) is 5.08. The van der Waals surface area contributed by atoms with Crippen LogP contribution >= 0.6 is 11.3 Å². The molecule has 1 saturated heterocycles. The summed E-state index contributed by atoms with van der Waals surface area (Å²) in [5, 5.41) is 28.7. The van der Waals surface area contributed by atoms with Crippen molar-refractivity contribution in [2.24, 2.45) is 0 Å². The summed E-state index contributed by atoms with van der Waals surface area (Å²) in [4.78, 5) is 25.2. The van der Waals surface area contributed by atoms with Gasteiger partial charge in [-0.2, -0.15) is 9.78 Å². The molecule has 5 rings (SSSR count). The van der Waals surface area contributed by atoms with Gasteiger partial charge in [0.05, 0.1) is 19.3 Å². The second kappa shape index (κ2) is 10.5. The number of β-amino-alcohol motifs (C(OH)–C–C–N with tert-alkyl or cyclic N) is 1. The summed E-state index contributed by atoms with van der Waals surface area (Å²) < 4.78 is 19.8. The lowest BCUT2D eigenvalue weighted by Crippen LogP contribution is -2.45. The minimum absolute atomic E-state index is 0.0686. The van der Waals surface area contributed by atoms with Crippen molar-refractivity contribution in [2.75, 3.05) is 43.6 Å². The lowest BCUT2D eigenvalue weighted by molar-refractivity contribution is 0.0610. The number of fused-ring (bicyclic) bond motifs is 1. The number of carbonyl (C=O) groups is 1. The largest absolute Gasteiger partial charge is 0.453 e. The average Bonchev–Trinajstić information content (AvgIpc) is 3.66. The molecule has 1 unspecified atom stereocenters. The molecule has 1 aliphatic heterocycles. The first-order valence-electron chi connectivity index (χ1n) is 12.3. The highest BCUT2D eigenvalue weighted by Crippen LogP contribution is 2.37. The molecule has 0 radical (unpaired) electrons. The Bertz CT molecular complexity index is 1560. The van der Waals surface area contributed by atoms with E-state index in [1.54, 1.807) is 16.6 Å². The van der Waals surface area contributed by atoms with Crippen LogP contribution in [0.1, 0.15) is 23.9 Å². The van der Waals surface area contributed by atoms with Gasteiger partial charge in [0.1, 0.15) is 33.9 Å². The van der Waals surface area contributed by atoms with Gasteiger partial charge in [0.25, 0.3) is 0 Å². The molecule has 1 fully saturated rings. The van der Waals surface area contributed by atoms with E-state index in [2.05, 4.69) is 16.1 Å². The van der Waals surface area contributed by atoms with Gasteiger partial charge in [-0.1, -0.05) is 18.3 Å². The lowest BCUT2D eigenvalue weighted by atomic mass is 10.0. The number of amides is 1. The SMILES string of the molecule is CCc1nc2ccc(N3CCC(O)(CNC(=O)OC)C3)nn2c1N(C)c1nc(-c2ccc(F)cc2)c(C#N)s1. The van der Waals surface area contributed by atoms with Crippen LogP contribution < -0.4 is 15.1 Å². The number of nitrogens with one attached hydrogen (secondary N) is 1. The van der Waals surface area contributed by atoms with E-state index in [4.69, 9.17) is 15.1 Å². The van der Waals surface area contributed by atoms with Gasteiger partial charge in [0.15, 0.2) is 16.6 Å². The number of nitrogens with zero attached hydrogens (tertiary/aromatic N) is 7. The molecule has 4 heterocycles. The molecule has 2 N–H and O–H groups in total. The van der Waals surface area contributed by atoms with Crippen LogP contribution in [0.3, 0.4) is 0 Å². The van der Waals surface area contributed by atoms with Gasteiger partial charge in [-0.3, -0.25) is 0 Å². The van der Waals surface area contributed by atoms with Crippen molar-refractivity contribution in [1.82, 2.24) is 24.9 Å². The third-order valence-corrected chi connectivity index (χ3v) is 7.72. The van der Waals surface area contributed by atoms with Crippen molar-refractivity contribution in [3.05, 3.63) is 52.8 Å². The number of benzene rings is 1. The number of methoxy groups -OCH3 is 1. The fourth-order valence-electron chi connectivity index (χ4n) is 4.63. The number of imidazole rings is 1. The maximum atomic E-state index is 13.5. The molecule has 11 nitrogen and oxygen atoms in total. The maximum absolute atomic E-state index is 13.5. The van der Waals surface area contributed by atoms with Crippen LogP contribution in [0.2, 0.25) is 0 Å². The van der Waals surface area contributed by atoms with Crippen molar-refractivity contribution >= 4 is 39.8 Å². The average molecular weight is 551 g/mol. The van der Waals surface area contributed by atoms with Gasteiger partial charge < -0.3 is 25.0 Å². The van der Waals surface area contributed by atoms with Crippen LogP contribution in [0.5, 0.6) is 0 Å². The van der Waals surface area contributed by atoms with Crippen molar-refractivity contribution < 1.29 is 19.0 Å². The highest BCUT2D eigenvalue weighted by atomic mass is 32.1. The van der Waals surface area contributed by atoms with Gasteiger partial charge in [-0.05, 0) is 49.2 Å². The minimum Gasteiger partial charge on any atom is -0.453 e. The number of halogens is 1. The normalized spacial score (nSPS) is 16.9. The van der Waals surface area contributed by atoms with Crippen LogP contribution in [0.25, 0.3) is 16.9 Å². The van der Waals surface area contributed by atoms with Gasteiger partial charge in [0.2, 0.25) is 0 Å². The fourth-order valence-corrected chi connectivity index (χ4v) is 5.48. The first-order chi connectivity index (χ1) is 18.7. The zero-order valence-corrected chi connectivity index (χ0v) is 22.5. The molecule has 0 spiro atoms.